The first-order valence-corrected chi connectivity index (χ1v) is 7.75. The van der Waals surface area contributed by atoms with Gasteiger partial charge in [0.1, 0.15) is 0 Å². The van der Waals surface area contributed by atoms with E-state index in [0.29, 0.717) is 18.2 Å². The van der Waals surface area contributed by atoms with E-state index in [-0.39, 0.29) is 11.7 Å². The summed E-state index contributed by atoms with van der Waals surface area (Å²) < 4.78 is 0. The summed E-state index contributed by atoms with van der Waals surface area (Å²) in [6.07, 6.45) is 2.21. The van der Waals surface area contributed by atoms with E-state index < -0.39 is 0 Å². The van der Waals surface area contributed by atoms with Crippen LogP contribution < -0.4 is 5.32 Å². The number of carbonyl (C=O) groups is 2. The summed E-state index contributed by atoms with van der Waals surface area (Å²) in [6, 6.07) is 7.64. The maximum Gasteiger partial charge on any atom is 0.238 e. The number of amides is 1. The third kappa shape index (κ3) is 4.64. The van der Waals surface area contributed by atoms with Gasteiger partial charge in [0.15, 0.2) is 5.78 Å². The quantitative estimate of drug-likeness (QED) is 0.844. The fourth-order valence-corrected chi connectivity index (χ4v) is 2.79. The van der Waals surface area contributed by atoms with Crippen molar-refractivity contribution in [2.45, 2.75) is 25.8 Å². The third-order valence-corrected chi connectivity index (χ3v) is 4.23. The normalized spacial score (nSPS) is 16.7. The van der Waals surface area contributed by atoms with Gasteiger partial charge >= 0.3 is 0 Å². The molecule has 1 saturated heterocycles. The van der Waals surface area contributed by atoms with Gasteiger partial charge in [-0.15, -0.1) is 0 Å². The van der Waals surface area contributed by atoms with Crippen molar-refractivity contribution in [3.8, 4) is 0 Å². The largest absolute Gasteiger partial charge is 0.325 e. The molecule has 1 fully saturated rings. The molecule has 0 bridgehead atoms. The minimum Gasteiger partial charge on any atom is -0.325 e. The molecule has 1 heterocycles. The van der Waals surface area contributed by atoms with E-state index in [1.807, 2.05) is 0 Å². The molecule has 0 unspecified atom stereocenters. The van der Waals surface area contributed by atoms with Gasteiger partial charge in [-0.25, -0.2) is 0 Å². The minimum atomic E-state index is -0.00104. The summed E-state index contributed by atoms with van der Waals surface area (Å²) in [6.45, 7) is 3.87. The molecular weight excluding hydrogens is 278 g/mol. The van der Waals surface area contributed by atoms with Gasteiger partial charge in [0, 0.05) is 30.4 Å². The van der Waals surface area contributed by atoms with Gasteiger partial charge in [0.05, 0.1) is 6.54 Å². The predicted octanol–water partition coefficient (Wildman–Crippen LogP) is 1.85. The highest BCUT2D eigenvalue weighted by atomic mass is 16.2. The first-order chi connectivity index (χ1) is 10.5. The highest BCUT2D eigenvalue weighted by Gasteiger charge is 2.21. The van der Waals surface area contributed by atoms with Crippen LogP contribution in [0, 0.1) is 0 Å². The molecule has 1 aliphatic heterocycles. The van der Waals surface area contributed by atoms with Crippen molar-refractivity contribution in [3.05, 3.63) is 29.8 Å². The number of hydrogen-bond donors (Lipinski definition) is 1. The summed E-state index contributed by atoms with van der Waals surface area (Å²) in [4.78, 5) is 27.8. The Hall–Kier alpha value is -1.72. The van der Waals surface area contributed by atoms with E-state index in [0.717, 1.165) is 31.6 Å². The van der Waals surface area contributed by atoms with Crippen LogP contribution in [0.5, 0.6) is 0 Å². The Balaban J connectivity index is 1.80. The molecule has 2 rings (SSSR count). The number of anilines is 1. The fraction of sp³-hybridized carbons (Fsp3) is 0.529. The monoisotopic (exact) mass is 303 g/mol. The fourth-order valence-electron chi connectivity index (χ4n) is 2.79. The molecular formula is C17H25N3O2. The Morgan fingerprint density at radius 2 is 1.77 bits per heavy atom. The number of likely N-dealkylation sites (tertiary alicyclic amines) is 1. The number of carbonyl (C=O) groups excluding carboxylic acids is 2. The Labute approximate surface area is 132 Å². The van der Waals surface area contributed by atoms with Crippen LogP contribution in [0.3, 0.4) is 0 Å². The number of piperidine rings is 1. The zero-order chi connectivity index (χ0) is 16.1. The number of rotatable bonds is 5. The SMILES string of the molecule is CC(=O)c1ccc(NC(=O)CN2CCC(N(C)C)CC2)cc1. The highest BCUT2D eigenvalue weighted by Crippen LogP contribution is 2.14. The summed E-state index contributed by atoms with van der Waals surface area (Å²) in [5.74, 6) is 0.0283. The van der Waals surface area contributed by atoms with E-state index in [4.69, 9.17) is 0 Å². The van der Waals surface area contributed by atoms with Gasteiger partial charge in [-0.3, -0.25) is 14.5 Å². The molecule has 1 N–H and O–H groups in total. The Morgan fingerprint density at radius 3 is 2.27 bits per heavy atom. The van der Waals surface area contributed by atoms with Crippen LogP contribution >= 0.6 is 0 Å². The maximum atomic E-state index is 12.1. The average molecular weight is 303 g/mol. The van der Waals surface area contributed by atoms with Crippen molar-refractivity contribution < 1.29 is 9.59 Å². The van der Waals surface area contributed by atoms with E-state index in [1.54, 1.807) is 24.3 Å². The van der Waals surface area contributed by atoms with Crippen LogP contribution in [0.2, 0.25) is 0 Å². The van der Waals surface area contributed by atoms with E-state index in [2.05, 4.69) is 29.2 Å². The lowest BCUT2D eigenvalue weighted by Crippen LogP contribution is -2.44. The average Bonchev–Trinajstić information content (AvgIpc) is 2.48. The Kier molecular flexibility index (Phi) is 5.69. The first-order valence-electron chi connectivity index (χ1n) is 7.75. The second kappa shape index (κ2) is 7.51. The van der Waals surface area contributed by atoms with Crippen LogP contribution in [0.1, 0.15) is 30.1 Å². The maximum absolute atomic E-state index is 12.1. The molecule has 0 saturated carbocycles. The first kappa shape index (κ1) is 16.6. The van der Waals surface area contributed by atoms with Gasteiger partial charge < -0.3 is 10.2 Å². The van der Waals surface area contributed by atoms with Crippen molar-refractivity contribution in [1.29, 1.82) is 0 Å². The van der Waals surface area contributed by atoms with Gasteiger partial charge in [0.2, 0.25) is 5.91 Å². The smallest absolute Gasteiger partial charge is 0.238 e. The molecule has 22 heavy (non-hydrogen) atoms. The lowest BCUT2D eigenvalue weighted by Gasteiger charge is -2.34. The second-order valence-corrected chi connectivity index (χ2v) is 6.15. The van der Waals surface area contributed by atoms with E-state index in [9.17, 15) is 9.59 Å². The van der Waals surface area contributed by atoms with Crippen molar-refractivity contribution in [3.63, 3.8) is 0 Å². The second-order valence-electron chi connectivity index (χ2n) is 6.15. The molecule has 0 aliphatic carbocycles. The van der Waals surface area contributed by atoms with Crippen LogP contribution in [-0.4, -0.2) is 61.3 Å². The van der Waals surface area contributed by atoms with E-state index >= 15 is 0 Å². The number of hydrogen-bond acceptors (Lipinski definition) is 4. The molecule has 1 aromatic rings. The number of Topliss-reactive ketones (excluding diaryl/α,β-unsaturated/α-hetero) is 1. The minimum absolute atomic E-state index is 0.00104. The topological polar surface area (TPSA) is 52.7 Å². The van der Waals surface area contributed by atoms with Crippen molar-refractivity contribution in [2.24, 2.45) is 0 Å². The van der Waals surface area contributed by atoms with Crippen molar-refractivity contribution >= 4 is 17.4 Å². The lowest BCUT2D eigenvalue weighted by atomic mass is 10.0. The summed E-state index contributed by atoms with van der Waals surface area (Å²) in [5, 5.41) is 2.89. The molecule has 0 atom stereocenters. The summed E-state index contributed by atoms with van der Waals surface area (Å²) in [7, 11) is 4.22. The lowest BCUT2D eigenvalue weighted by molar-refractivity contribution is -0.117. The molecule has 1 aliphatic rings. The van der Waals surface area contributed by atoms with Crippen molar-refractivity contribution in [1.82, 2.24) is 9.80 Å². The molecule has 120 valence electrons. The molecule has 1 amide bonds. The zero-order valence-electron chi connectivity index (χ0n) is 13.6. The number of ketones is 1. The third-order valence-electron chi connectivity index (χ3n) is 4.23. The van der Waals surface area contributed by atoms with E-state index in [1.165, 1.54) is 6.92 Å². The Bertz CT molecular complexity index is 517. The van der Waals surface area contributed by atoms with Crippen molar-refractivity contribution in [2.75, 3.05) is 39.0 Å². The summed E-state index contributed by atoms with van der Waals surface area (Å²) in [5.41, 5.74) is 1.39. The number of benzene rings is 1. The molecule has 0 radical (unpaired) electrons. The van der Waals surface area contributed by atoms with Crippen LogP contribution in [-0.2, 0) is 4.79 Å². The standard InChI is InChI=1S/C17H25N3O2/c1-13(21)14-4-6-15(7-5-14)18-17(22)12-20-10-8-16(9-11-20)19(2)3/h4-7,16H,8-12H2,1-3H3,(H,18,22). The molecule has 0 aromatic heterocycles. The Morgan fingerprint density at radius 1 is 1.18 bits per heavy atom. The molecule has 5 heteroatoms. The number of nitrogens with one attached hydrogen (secondary N) is 1. The van der Waals surface area contributed by atoms with Gasteiger partial charge in [-0.05, 0) is 58.1 Å². The van der Waals surface area contributed by atoms with Gasteiger partial charge in [-0.2, -0.15) is 0 Å². The van der Waals surface area contributed by atoms with Crippen LogP contribution in [0.25, 0.3) is 0 Å². The van der Waals surface area contributed by atoms with Gasteiger partial charge in [-0.1, -0.05) is 0 Å². The van der Waals surface area contributed by atoms with Crippen LogP contribution in [0.15, 0.2) is 24.3 Å². The molecule has 0 spiro atoms. The molecule has 5 nitrogen and oxygen atoms in total. The highest BCUT2D eigenvalue weighted by molar-refractivity contribution is 5.96. The zero-order valence-corrected chi connectivity index (χ0v) is 13.6. The number of nitrogens with zero attached hydrogens (tertiary/aromatic N) is 2. The molecule has 1 aromatic carbocycles. The summed E-state index contributed by atoms with van der Waals surface area (Å²) >= 11 is 0. The van der Waals surface area contributed by atoms with Gasteiger partial charge in [0.25, 0.3) is 0 Å². The van der Waals surface area contributed by atoms with Crippen LogP contribution in [0.4, 0.5) is 5.69 Å². The predicted molar refractivity (Wildman–Crippen MR) is 88.2 cm³/mol.